The maximum absolute atomic E-state index is 12.4. The molecule has 0 unspecified atom stereocenters. The van der Waals surface area contributed by atoms with Crippen LogP contribution < -0.4 is 0 Å². The Bertz CT molecular complexity index is 476. The van der Waals surface area contributed by atoms with E-state index in [0.717, 1.165) is 31.9 Å². The maximum atomic E-state index is 12.4. The zero-order valence-corrected chi connectivity index (χ0v) is 10.4. The summed E-state index contributed by atoms with van der Waals surface area (Å²) in [5, 5.41) is -0.958. The molecule has 1 aliphatic carbocycles. The molecule has 2 nitrogen and oxygen atoms in total. The van der Waals surface area contributed by atoms with Crippen molar-refractivity contribution in [3.8, 4) is 0 Å². The van der Waals surface area contributed by atoms with Gasteiger partial charge in [0, 0.05) is 6.20 Å². The van der Waals surface area contributed by atoms with E-state index in [4.69, 9.17) is 0 Å². The van der Waals surface area contributed by atoms with Crippen LogP contribution in [0.25, 0.3) is 0 Å². The molecular formula is C12H12F3NOS. The summed E-state index contributed by atoms with van der Waals surface area (Å²) in [6.45, 7) is 0. The van der Waals surface area contributed by atoms with Crippen molar-refractivity contribution in [2.75, 3.05) is 0 Å². The van der Waals surface area contributed by atoms with Crippen molar-refractivity contribution in [2.45, 2.75) is 38.3 Å². The van der Waals surface area contributed by atoms with Gasteiger partial charge in [-0.25, -0.2) is 4.98 Å². The zero-order chi connectivity index (χ0) is 13.2. The van der Waals surface area contributed by atoms with Crippen LogP contribution in [0.2, 0.25) is 0 Å². The summed E-state index contributed by atoms with van der Waals surface area (Å²) in [5.74, 6) is -0.301. The summed E-state index contributed by atoms with van der Waals surface area (Å²) in [6.07, 6.45) is 2.90. The van der Waals surface area contributed by atoms with Crippen LogP contribution in [-0.2, 0) is 6.18 Å². The summed E-state index contributed by atoms with van der Waals surface area (Å²) >= 11 is 0.422. The van der Waals surface area contributed by atoms with Gasteiger partial charge in [-0.15, -0.1) is 11.3 Å². The lowest BCUT2D eigenvalue weighted by molar-refractivity contribution is -0.137. The molecule has 1 aliphatic rings. The topological polar surface area (TPSA) is 30.0 Å². The largest absolute Gasteiger partial charge is 0.443 e. The smallest absolute Gasteiger partial charge is 0.288 e. The van der Waals surface area contributed by atoms with Crippen LogP contribution in [-0.4, -0.2) is 10.8 Å². The van der Waals surface area contributed by atoms with E-state index in [2.05, 4.69) is 4.98 Å². The van der Waals surface area contributed by atoms with Gasteiger partial charge in [0.15, 0.2) is 10.8 Å². The van der Waals surface area contributed by atoms with E-state index in [0.29, 0.717) is 23.3 Å². The van der Waals surface area contributed by atoms with E-state index < -0.39 is 11.2 Å². The molecule has 98 valence electrons. The van der Waals surface area contributed by atoms with E-state index in [1.807, 2.05) is 6.08 Å². The summed E-state index contributed by atoms with van der Waals surface area (Å²) in [4.78, 5) is 15.4. The molecule has 2 rings (SSSR count). The third-order valence-electron chi connectivity index (χ3n) is 2.80. The number of ketones is 1. The molecular weight excluding hydrogens is 263 g/mol. The van der Waals surface area contributed by atoms with Gasteiger partial charge in [0.1, 0.15) is 0 Å². The number of aromatic nitrogens is 1. The molecule has 0 aliphatic heterocycles. The molecule has 0 spiro atoms. The molecule has 0 amide bonds. The van der Waals surface area contributed by atoms with Gasteiger partial charge in [-0.3, -0.25) is 4.79 Å². The van der Waals surface area contributed by atoms with Gasteiger partial charge in [0.05, 0.1) is 4.88 Å². The average molecular weight is 275 g/mol. The Morgan fingerprint density at radius 1 is 1.28 bits per heavy atom. The minimum atomic E-state index is -4.47. The number of nitrogens with zero attached hydrogens (tertiary/aromatic N) is 1. The fraction of sp³-hybridized carbons (Fsp3) is 0.500. The molecule has 1 aromatic heterocycles. The van der Waals surface area contributed by atoms with E-state index in [9.17, 15) is 18.0 Å². The van der Waals surface area contributed by atoms with Crippen molar-refractivity contribution in [1.82, 2.24) is 4.98 Å². The highest BCUT2D eigenvalue weighted by molar-refractivity contribution is 7.13. The van der Waals surface area contributed by atoms with Crippen molar-refractivity contribution in [1.29, 1.82) is 0 Å². The molecule has 18 heavy (non-hydrogen) atoms. The predicted molar refractivity (Wildman–Crippen MR) is 62.6 cm³/mol. The first-order chi connectivity index (χ1) is 8.48. The number of halogens is 3. The summed E-state index contributed by atoms with van der Waals surface area (Å²) in [5.41, 5.74) is 0.630. The quantitative estimate of drug-likeness (QED) is 0.756. The van der Waals surface area contributed by atoms with Gasteiger partial charge in [-0.05, 0) is 31.3 Å². The molecule has 6 heteroatoms. The van der Waals surface area contributed by atoms with Crippen molar-refractivity contribution in [2.24, 2.45) is 0 Å². The van der Waals surface area contributed by atoms with Crippen LogP contribution in [0.4, 0.5) is 13.2 Å². The highest BCUT2D eigenvalue weighted by atomic mass is 32.1. The third-order valence-corrected chi connectivity index (χ3v) is 3.85. The molecule has 1 aromatic rings. The molecule has 0 atom stereocenters. The Morgan fingerprint density at radius 3 is 2.72 bits per heavy atom. The average Bonchev–Trinajstić information content (AvgIpc) is 2.65. The van der Waals surface area contributed by atoms with Crippen molar-refractivity contribution < 1.29 is 18.0 Å². The van der Waals surface area contributed by atoms with Crippen molar-refractivity contribution >= 4 is 17.1 Å². The number of carbonyl (C=O) groups excluding carboxylic acids is 1. The Hall–Kier alpha value is -1.17. The second-order valence-corrected chi connectivity index (χ2v) is 5.22. The van der Waals surface area contributed by atoms with Crippen molar-refractivity contribution in [3.63, 3.8) is 0 Å². The lowest BCUT2D eigenvalue weighted by atomic mass is 10.1. The molecule has 0 aromatic carbocycles. The number of carbonyl (C=O) groups is 1. The van der Waals surface area contributed by atoms with Gasteiger partial charge >= 0.3 is 6.18 Å². The lowest BCUT2D eigenvalue weighted by Gasteiger charge is -2.01. The van der Waals surface area contributed by atoms with Crippen LogP contribution in [0.15, 0.2) is 17.8 Å². The van der Waals surface area contributed by atoms with Gasteiger partial charge in [0.2, 0.25) is 0 Å². The highest BCUT2D eigenvalue weighted by Gasteiger charge is 2.35. The second-order valence-electron chi connectivity index (χ2n) is 4.19. The SMILES string of the molecule is O=C(C1=CCCCCC1)c1cnc(C(F)(F)F)s1. The van der Waals surface area contributed by atoms with Crippen LogP contribution in [0.1, 0.15) is 46.8 Å². The van der Waals surface area contributed by atoms with E-state index in [1.165, 1.54) is 0 Å². The van der Waals surface area contributed by atoms with Gasteiger partial charge in [-0.2, -0.15) is 13.2 Å². The fourth-order valence-electron chi connectivity index (χ4n) is 1.89. The number of allylic oxidation sites excluding steroid dienone is 2. The van der Waals surface area contributed by atoms with Crippen LogP contribution >= 0.6 is 11.3 Å². The van der Waals surface area contributed by atoms with Crippen LogP contribution in [0, 0.1) is 0 Å². The maximum Gasteiger partial charge on any atom is 0.443 e. The first-order valence-electron chi connectivity index (χ1n) is 5.75. The number of hydrogen-bond donors (Lipinski definition) is 0. The number of Topliss-reactive ketones (excluding diaryl/α,β-unsaturated/α-hetero) is 1. The predicted octanol–water partition coefficient (Wildman–Crippen LogP) is 4.24. The zero-order valence-electron chi connectivity index (χ0n) is 9.59. The van der Waals surface area contributed by atoms with E-state index >= 15 is 0 Å². The normalized spacial score (nSPS) is 17.2. The van der Waals surface area contributed by atoms with E-state index in [1.54, 1.807) is 0 Å². The number of thiazole rings is 1. The highest BCUT2D eigenvalue weighted by Crippen LogP contribution is 2.33. The summed E-state index contributed by atoms with van der Waals surface area (Å²) in [6, 6.07) is 0. The Kier molecular flexibility index (Phi) is 3.85. The number of alkyl halides is 3. The summed E-state index contributed by atoms with van der Waals surface area (Å²) < 4.78 is 37.2. The van der Waals surface area contributed by atoms with E-state index in [-0.39, 0.29) is 10.7 Å². The molecule has 0 saturated heterocycles. The molecule has 0 fully saturated rings. The second kappa shape index (κ2) is 5.22. The Labute approximate surface area is 107 Å². The Morgan fingerprint density at radius 2 is 2.06 bits per heavy atom. The first-order valence-corrected chi connectivity index (χ1v) is 6.57. The number of rotatable bonds is 2. The van der Waals surface area contributed by atoms with Crippen molar-refractivity contribution in [3.05, 3.63) is 27.7 Å². The monoisotopic (exact) mass is 275 g/mol. The van der Waals surface area contributed by atoms with Gasteiger partial charge < -0.3 is 0 Å². The summed E-state index contributed by atoms with van der Waals surface area (Å²) in [7, 11) is 0. The van der Waals surface area contributed by atoms with Gasteiger partial charge in [-0.1, -0.05) is 12.5 Å². The first kappa shape index (κ1) is 13.3. The van der Waals surface area contributed by atoms with Gasteiger partial charge in [0.25, 0.3) is 0 Å². The molecule has 0 bridgehead atoms. The lowest BCUT2D eigenvalue weighted by Crippen LogP contribution is -2.03. The van der Waals surface area contributed by atoms with Crippen LogP contribution in [0.3, 0.4) is 0 Å². The molecule has 1 heterocycles. The van der Waals surface area contributed by atoms with Crippen LogP contribution in [0.5, 0.6) is 0 Å². The number of hydrogen-bond acceptors (Lipinski definition) is 3. The molecule has 0 saturated carbocycles. The Balaban J connectivity index is 2.18. The third kappa shape index (κ3) is 2.98. The standard InChI is InChI=1S/C12H12F3NOS/c13-12(14,15)11-16-7-9(18-11)10(17)8-5-3-1-2-4-6-8/h5,7H,1-4,6H2. The molecule has 0 radical (unpaired) electrons. The fourth-order valence-corrected chi connectivity index (χ4v) is 2.65. The minimum Gasteiger partial charge on any atom is -0.288 e. The molecule has 0 N–H and O–H groups in total. The minimum absolute atomic E-state index is 0.0791.